The van der Waals surface area contributed by atoms with Crippen LogP contribution in [0.25, 0.3) is 0 Å². The summed E-state index contributed by atoms with van der Waals surface area (Å²) in [7, 11) is 1.56. The number of benzene rings is 2. The fourth-order valence-corrected chi connectivity index (χ4v) is 3.44. The Morgan fingerprint density at radius 2 is 1.84 bits per heavy atom. The summed E-state index contributed by atoms with van der Waals surface area (Å²) in [4.78, 5) is 26.1. The van der Waals surface area contributed by atoms with Gasteiger partial charge in [0.2, 0.25) is 0 Å². The maximum atomic E-state index is 12.4. The number of anilines is 1. The zero-order valence-corrected chi connectivity index (χ0v) is 17.0. The zero-order valence-electron chi connectivity index (χ0n) is 13.9. The largest absolute Gasteiger partial charge is 0.331 e. The van der Waals surface area contributed by atoms with Crippen LogP contribution in [0.1, 0.15) is 24.1 Å². The van der Waals surface area contributed by atoms with Gasteiger partial charge in [-0.15, -0.1) is 0 Å². The molecular weight excluding hydrogens is 427 g/mol. The second kappa shape index (κ2) is 8.21. The van der Waals surface area contributed by atoms with Crippen molar-refractivity contribution >= 4 is 56.6 Å². The molecule has 2 rings (SSSR count). The van der Waals surface area contributed by atoms with E-state index in [1.807, 2.05) is 19.1 Å². The molecule has 0 aliphatic carbocycles. The highest BCUT2D eigenvalue weighted by atomic mass is 79.9. The monoisotopic (exact) mass is 442 g/mol. The van der Waals surface area contributed by atoms with Gasteiger partial charge in [-0.3, -0.25) is 9.59 Å². The van der Waals surface area contributed by atoms with Gasteiger partial charge >= 0.3 is 11.8 Å². The first-order chi connectivity index (χ1) is 11.7. The molecule has 0 saturated carbocycles. The first-order valence-electron chi connectivity index (χ1n) is 7.50. The predicted molar refractivity (Wildman–Crippen MR) is 105 cm³/mol. The Labute approximate surface area is 165 Å². The van der Waals surface area contributed by atoms with Crippen LogP contribution in [-0.2, 0) is 9.59 Å². The van der Waals surface area contributed by atoms with Crippen molar-refractivity contribution in [1.82, 2.24) is 4.90 Å². The molecule has 2 aromatic rings. The van der Waals surface area contributed by atoms with Gasteiger partial charge in [-0.05, 0) is 65.2 Å². The van der Waals surface area contributed by atoms with Crippen LogP contribution in [0.3, 0.4) is 0 Å². The average molecular weight is 444 g/mol. The summed E-state index contributed by atoms with van der Waals surface area (Å²) in [5.74, 6) is -1.38. The number of aryl methyl sites for hydroxylation is 1. The van der Waals surface area contributed by atoms with E-state index < -0.39 is 11.8 Å². The lowest BCUT2D eigenvalue weighted by Gasteiger charge is -2.25. The molecule has 0 aliphatic rings. The molecule has 0 aliphatic heterocycles. The maximum absolute atomic E-state index is 12.4. The van der Waals surface area contributed by atoms with Crippen molar-refractivity contribution in [3.8, 4) is 0 Å². The van der Waals surface area contributed by atoms with Gasteiger partial charge in [0.25, 0.3) is 0 Å². The van der Waals surface area contributed by atoms with Gasteiger partial charge in [0.15, 0.2) is 0 Å². The van der Waals surface area contributed by atoms with E-state index in [4.69, 9.17) is 23.2 Å². The van der Waals surface area contributed by atoms with Crippen LogP contribution < -0.4 is 5.32 Å². The molecule has 4 nitrogen and oxygen atoms in total. The highest BCUT2D eigenvalue weighted by molar-refractivity contribution is 9.10. The van der Waals surface area contributed by atoms with Crippen LogP contribution in [0.15, 0.2) is 40.9 Å². The SMILES string of the molecule is Cc1ccc(NC(=O)C(=O)N(C)C(C)c2ccc(Cl)cc2Cl)c(Br)c1. The molecule has 132 valence electrons. The summed E-state index contributed by atoms with van der Waals surface area (Å²) in [6, 6.07) is 10.1. The Morgan fingerprint density at radius 3 is 2.44 bits per heavy atom. The summed E-state index contributed by atoms with van der Waals surface area (Å²) in [5, 5.41) is 3.57. The lowest BCUT2D eigenvalue weighted by Crippen LogP contribution is -2.38. The molecule has 0 radical (unpaired) electrons. The lowest BCUT2D eigenvalue weighted by molar-refractivity contribution is -0.143. The van der Waals surface area contributed by atoms with Gasteiger partial charge in [-0.25, -0.2) is 0 Å². The summed E-state index contributed by atoms with van der Waals surface area (Å²) >= 11 is 15.5. The quantitative estimate of drug-likeness (QED) is 0.660. The van der Waals surface area contributed by atoms with E-state index in [1.54, 1.807) is 38.2 Å². The summed E-state index contributed by atoms with van der Waals surface area (Å²) in [6.07, 6.45) is 0. The van der Waals surface area contributed by atoms with Gasteiger partial charge < -0.3 is 10.2 Å². The third-order valence-electron chi connectivity index (χ3n) is 3.88. The predicted octanol–water partition coefficient (Wildman–Crippen LogP) is 5.22. The molecule has 2 aromatic carbocycles. The molecule has 25 heavy (non-hydrogen) atoms. The number of amides is 2. The minimum atomic E-state index is -0.719. The first kappa shape index (κ1) is 19.8. The lowest BCUT2D eigenvalue weighted by atomic mass is 10.1. The number of hydrogen-bond donors (Lipinski definition) is 1. The summed E-state index contributed by atoms with van der Waals surface area (Å²) in [5.41, 5.74) is 2.29. The summed E-state index contributed by atoms with van der Waals surface area (Å²) in [6.45, 7) is 3.73. The van der Waals surface area contributed by atoms with Crippen molar-refractivity contribution in [2.24, 2.45) is 0 Å². The van der Waals surface area contributed by atoms with E-state index in [-0.39, 0.29) is 6.04 Å². The highest BCUT2D eigenvalue weighted by Gasteiger charge is 2.25. The summed E-state index contributed by atoms with van der Waals surface area (Å²) < 4.78 is 0.713. The number of nitrogens with one attached hydrogen (secondary N) is 1. The fourth-order valence-electron chi connectivity index (χ4n) is 2.28. The van der Waals surface area contributed by atoms with Gasteiger partial charge in [0, 0.05) is 21.6 Å². The average Bonchev–Trinajstić information content (AvgIpc) is 2.55. The van der Waals surface area contributed by atoms with Gasteiger partial charge in [0.05, 0.1) is 11.7 Å². The standard InChI is InChI=1S/C18H17BrCl2N2O2/c1-10-4-7-16(14(19)8-10)22-17(24)18(25)23(3)11(2)13-6-5-12(20)9-15(13)21/h4-9,11H,1-3H3,(H,22,24). The second-order valence-electron chi connectivity index (χ2n) is 5.70. The number of halogens is 3. The molecule has 1 atom stereocenters. The Hall–Kier alpha value is -1.56. The van der Waals surface area contributed by atoms with Crippen LogP contribution in [0.5, 0.6) is 0 Å². The Bertz CT molecular complexity index is 827. The van der Waals surface area contributed by atoms with Gasteiger partial charge in [-0.2, -0.15) is 0 Å². The molecule has 1 N–H and O–H groups in total. The van der Waals surface area contributed by atoms with E-state index in [0.29, 0.717) is 25.8 Å². The van der Waals surface area contributed by atoms with E-state index in [1.165, 1.54) is 4.90 Å². The third kappa shape index (κ3) is 4.75. The number of nitrogens with zero attached hydrogens (tertiary/aromatic N) is 1. The van der Waals surface area contributed by atoms with Gasteiger partial charge in [-0.1, -0.05) is 35.3 Å². The number of carbonyl (C=O) groups excluding carboxylic acids is 2. The number of hydrogen-bond acceptors (Lipinski definition) is 2. The minimum absolute atomic E-state index is 0.385. The van der Waals surface area contributed by atoms with E-state index in [9.17, 15) is 9.59 Å². The molecule has 0 spiro atoms. The van der Waals surface area contributed by atoms with Crippen LogP contribution in [0.2, 0.25) is 10.0 Å². The van der Waals surface area contributed by atoms with E-state index >= 15 is 0 Å². The van der Waals surface area contributed by atoms with Crippen molar-refractivity contribution in [2.75, 3.05) is 12.4 Å². The molecule has 0 fully saturated rings. The Kier molecular flexibility index (Phi) is 6.49. The van der Waals surface area contributed by atoms with Crippen LogP contribution in [-0.4, -0.2) is 23.8 Å². The number of carbonyl (C=O) groups is 2. The molecule has 0 saturated heterocycles. The van der Waals surface area contributed by atoms with Crippen molar-refractivity contribution in [3.63, 3.8) is 0 Å². The van der Waals surface area contributed by atoms with Gasteiger partial charge in [0.1, 0.15) is 0 Å². The van der Waals surface area contributed by atoms with Crippen molar-refractivity contribution < 1.29 is 9.59 Å². The number of likely N-dealkylation sites (N-methyl/N-ethyl adjacent to an activating group) is 1. The van der Waals surface area contributed by atoms with Crippen molar-refractivity contribution in [3.05, 3.63) is 62.0 Å². The van der Waals surface area contributed by atoms with E-state index in [2.05, 4.69) is 21.2 Å². The Balaban J connectivity index is 2.13. The highest BCUT2D eigenvalue weighted by Crippen LogP contribution is 2.29. The molecule has 0 heterocycles. The molecular formula is C18H17BrCl2N2O2. The van der Waals surface area contributed by atoms with Crippen LogP contribution >= 0.6 is 39.1 Å². The smallest absolute Gasteiger partial charge is 0.313 e. The molecule has 0 bridgehead atoms. The Morgan fingerprint density at radius 1 is 1.16 bits per heavy atom. The van der Waals surface area contributed by atoms with Crippen molar-refractivity contribution in [2.45, 2.75) is 19.9 Å². The van der Waals surface area contributed by atoms with Crippen LogP contribution in [0, 0.1) is 6.92 Å². The topological polar surface area (TPSA) is 49.4 Å². The number of rotatable bonds is 3. The third-order valence-corrected chi connectivity index (χ3v) is 5.10. The maximum Gasteiger partial charge on any atom is 0.313 e. The van der Waals surface area contributed by atoms with Crippen LogP contribution in [0.4, 0.5) is 5.69 Å². The molecule has 7 heteroatoms. The first-order valence-corrected chi connectivity index (χ1v) is 9.05. The second-order valence-corrected chi connectivity index (χ2v) is 7.39. The van der Waals surface area contributed by atoms with E-state index in [0.717, 1.165) is 5.56 Å². The van der Waals surface area contributed by atoms with Crippen molar-refractivity contribution in [1.29, 1.82) is 0 Å². The molecule has 0 aromatic heterocycles. The minimum Gasteiger partial charge on any atom is -0.331 e. The molecule has 2 amide bonds. The zero-order chi connectivity index (χ0) is 18.7. The fraction of sp³-hybridized carbons (Fsp3) is 0.222. The normalized spacial score (nSPS) is 11.8. The molecule has 1 unspecified atom stereocenters.